The Morgan fingerprint density at radius 2 is 1.96 bits per heavy atom. The summed E-state index contributed by atoms with van der Waals surface area (Å²) < 4.78 is 0. The number of rotatable bonds is 5. The van der Waals surface area contributed by atoms with Crippen LogP contribution in [0.2, 0.25) is 0 Å². The molecule has 0 spiro atoms. The molecule has 25 heavy (non-hydrogen) atoms. The number of urea groups is 1. The van der Waals surface area contributed by atoms with Crippen LogP contribution in [0.1, 0.15) is 30.3 Å². The number of likely N-dealkylation sites (tertiary alicyclic amines) is 1. The molecule has 1 aromatic rings. The van der Waals surface area contributed by atoms with E-state index in [-0.39, 0.29) is 11.9 Å². The van der Waals surface area contributed by atoms with E-state index in [0.29, 0.717) is 37.8 Å². The molecule has 1 unspecified atom stereocenters. The predicted molar refractivity (Wildman–Crippen MR) is 96.5 cm³/mol. The third kappa shape index (κ3) is 4.54. The lowest BCUT2D eigenvalue weighted by atomic mass is 10.1. The summed E-state index contributed by atoms with van der Waals surface area (Å²) in [5, 5.41) is 3.08. The first-order valence-electron chi connectivity index (χ1n) is 9.35. The number of nitrogens with zero attached hydrogens (tertiary/aromatic N) is 3. The second kappa shape index (κ2) is 8.38. The van der Waals surface area contributed by atoms with Crippen molar-refractivity contribution in [3.8, 4) is 0 Å². The van der Waals surface area contributed by atoms with Crippen LogP contribution in [0, 0.1) is 5.92 Å². The molecule has 138 valence electrons. The standard InChI is InChI=1S/C18H29N5O2/c1-2-7-21-8-5-15(14-21)13-20-18(25)23-11-9-22(10-12-23)17(24)16-4-3-6-19-16/h3-4,6,15,19H,2,5,7-14H2,1H3,(H,20,25). The van der Waals surface area contributed by atoms with E-state index in [9.17, 15) is 9.59 Å². The van der Waals surface area contributed by atoms with Gasteiger partial charge in [-0.3, -0.25) is 4.79 Å². The molecule has 0 aliphatic carbocycles. The van der Waals surface area contributed by atoms with E-state index in [1.54, 1.807) is 17.2 Å². The van der Waals surface area contributed by atoms with Crippen LogP contribution in [-0.4, -0.2) is 84.0 Å². The Morgan fingerprint density at radius 3 is 2.64 bits per heavy atom. The van der Waals surface area contributed by atoms with Gasteiger partial charge in [-0.15, -0.1) is 0 Å². The Balaban J connectivity index is 1.38. The minimum atomic E-state index is 0.000846. The van der Waals surface area contributed by atoms with Crippen molar-refractivity contribution in [2.75, 3.05) is 52.4 Å². The number of nitrogens with one attached hydrogen (secondary N) is 2. The summed E-state index contributed by atoms with van der Waals surface area (Å²) in [5.41, 5.74) is 0.607. The lowest BCUT2D eigenvalue weighted by Crippen LogP contribution is -2.53. The minimum Gasteiger partial charge on any atom is -0.357 e. The zero-order valence-electron chi connectivity index (χ0n) is 15.0. The molecule has 7 heteroatoms. The molecule has 2 N–H and O–H groups in total. The Kier molecular flexibility index (Phi) is 5.96. The summed E-state index contributed by atoms with van der Waals surface area (Å²) in [6.45, 7) is 8.69. The van der Waals surface area contributed by atoms with Gasteiger partial charge in [0.2, 0.25) is 0 Å². The number of carbonyl (C=O) groups excluding carboxylic acids is 2. The average molecular weight is 347 g/mol. The number of hydrogen-bond donors (Lipinski definition) is 2. The summed E-state index contributed by atoms with van der Waals surface area (Å²) in [6, 6.07) is 3.60. The van der Waals surface area contributed by atoms with Crippen molar-refractivity contribution in [3.05, 3.63) is 24.0 Å². The van der Waals surface area contributed by atoms with Gasteiger partial charge in [-0.2, -0.15) is 0 Å². The maximum absolute atomic E-state index is 12.4. The lowest BCUT2D eigenvalue weighted by molar-refractivity contribution is 0.0659. The van der Waals surface area contributed by atoms with Crippen LogP contribution in [0.4, 0.5) is 4.79 Å². The van der Waals surface area contributed by atoms with Gasteiger partial charge >= 0.3 is 6.03 Å². The van der Waals surface area contributed by atoms with Crippen molar-refractivity contribution in [1.29, 1.82) is 0 Å². The van der Waals surface area contributed by atoms with E-state index < -0.39 is 0 Å². The quantitative estimate of drug-likeness (QED) is 0.841. The topological polar surface area (TPSA) is 71.7 Å². The molecule has 7 nitrogen and oxygen atoms in total. The third-order valence-corrected chi connectivity index (χ3v) is 5.13. The van der Waals surface area contributed by atoms with Gasteiger partial charge in [0, 0.05) is 45.5 Å². The Bertz CT molecular complexity index is 566. The fourth-order valence-corrected chi connectivity index (χ4v) is 3.69. The van der Waals surface area contributed by atoms with Crippen molar-refractivity contribution < 1.29 is 9.59 Å². The van der Waals surface area contributed by atoms with Gasteiger partial charge in [-0.1, -0.05) is 6.92 Å². The molecular formula is C18H29N5O2. The molecular weight excluding hydrogens is 318 g/mol. The molecule has 2 aliphatic heterocycles. The number of carbonyl (C=O) groups is 2. The highest BCUT2D eigenvalue weighted by molar-refractivity contribution is 5.92. The zero-order valence-corrected chi connectivity index (χ0v) is 15.0. The number of hydrogen-bond acceptors (Lipinski definition) is 3. The Hall–Kier alpha value is -2.02. The summed E-state index contributed by atoms with van der Waals surface area (Å²) >= 11 is 0. The average Bonchev–Trinajstić information content (AvgIpc) is 3.31. The highest BCUT2D eigenvalue weighted by Gasteiger charge is 2.26. The van der Waals surface area contributed by atoms with Crippen LogP contribution in [0.5, 0.6) is 0 Å². The number of aromatic nitrogens is 1. The molecule has 0 aromatic carbocycles. The predicted octanol–water partition coefficient (Wildman–Crippen LogP) is 1.21. The van der Waals surface area contributed by atoms with Crippen LogP contribution >= 0.6 is 0 Å². The monoisotopic (exact) mass is 347 g/mol. The molecule has 2 saturated heterocycles. The number of H-pyrrole nitrogens is 1. The molecule has 3 heterocycles. The van der Waals surface area contributed by atoms with E-state index in [1.165, 1.54) is 12.8 Å². The van der Waals surface area contributed by atoms with E-state index in [2.05, 4.69) is 22.1 Å². The molecule has 0 saturated carbocycles. The van der Waals surface area contributed by atoms with Crippen molar-refractivity contribution in [1.82, 2.24) is 25.0 Å². The first-order valence-corrected chi connectivity index (χ1v) is 9.35. The SMILES string of the molecule is CCCN1CCC(CNC(=O)N2CCN(C(=O)c3ccc[nH]3)CC2)C1. The van der Waals surface area contributed by atoms with Crippen molar-refractivity contribution in [2.24, 2.45) is 5.92 Å². The Labute approximate surface area is 149 Å². The summed E-state index contributed by atoms with van der Waals surface area (Å²) in [5.74, 6) is 0.568. The smallest absolute Gasteiger partial charge is 0.317 e. The molecule has 0 radical (unpaired) electrons. The van der Waals surface area contributed by atoms with Gasteiger partial charge < -0.3 is 25.0 Å². The van der Waals surface area contributed by atoms with Crippen LogP contribution in [0.15, 0.2) is 18.3 Å². The zero-order chi connectivity index (χ0) is 17.6. The number of aromatic amines is 1. The van der Waals surface area contributed by atoms with E-state index >= 15 is 0 Å². The van der Waals surface area contributed by atoms with Crippen LogP contribution in [-0.2, 0) is 0 Å². The molecule has 3 amide bonds. The van der Waals surface area contributed by atoms with Crippen LogP contribution < -0.4 is 5.32 Å². The van der Waals surface area contributed by atoms with Crippen molar-refractivity contribution in [2.45, 2.75) is 19.8 Å². The van der Waals surface area contributed by atoms with E-state index in [1.807, 2.05) is 11.0 Å². The second-order valence-corrected chi connectivity index (χ2v) is 7.00. The van der Waals surface area contributed by atoms with Gasteiger partial charge in [0.05, 0.1) is 0 Å². The molecule has 2 aliphatic rings. The number of amides is 3. The van der Waals surface area contributed by atoms with E-state index in [4.69, 9.17) is 0 Å². The Morgan fingerprint density at radius 1 is 1.20 bits per heavy atom. The van der Waals surface area contributed by atoms with Crippen LogP contribution in [0.3, 0.4) is 0 Å². The lowest BCUT2D eigenvalue weighted by Gasteiger charge is -2.34. The summed E-state index contributed by atoms with van der Waals surface area (Å²) in [7, 11) is 0. The van der Waals surface area contributed by atoms with Gasteiger partial charge in [0.15, 0.2) is 0 Å². The normalized spacial score (nSPS) is 21.6. The first-order chi connectivity index (χ1) is 12.2. The maximum atomic E-state index is 12.4. The highest BCUT2D eigenvalue weighted by atomic mass is 16.2. The van der Waals surface area contributed by atoms with Crippen molar-refractivity contribution >= 4 is 11.9 Å². The van der Waals surface area contributed by atoms with Gasteiger partial charge in [0.1, 0.15) is 5.69 Å². The van der Waals surface area contributed by atoms with Gasteiger partial charge in [0.25, 0.3) is 5.91 Å². The molecule has 0 bridgehead atoms. The largest absolute Gasteiger partial charge is 0.357 e. The first kappa shape index (κ1) is 17.8. The molecule has 1 atom stereocenters. The van der Waals surface area contributed by atoms with Crippen LogP contribution in [0.25, 0.3) is 0 Å². The highest BCUT2D eigenvalue weighted by Crippen LogP contribution is 2.15. The number of piperazine rings is 1. The van der Waals surface area contributed by atoms with Crippen molar-refractivity contribution in [3.63, 3.8) is 0 Å². The maximum Gasteiger partial charge on any atom is 0.317 e. The fraction of sp³-hybridized carbons (Fsp3) is 0.667. The third-order valence-electron chi connectivity index (χ3n) is 5.13. The fourth-order valence-electron chi connectivity index (χ4n) is 3.69. The molecule has 3 rings (SSSR count). The van der Waals surface area contributed by atoms with Gasteiger partial charge in [-0.05, 0) is 44.0 Å². The van der Waals surface area contributed by atoms with E-state index in [0.717, 1.165) is 26.2 Å². The summed E-state index contributed by atoms with van der Waals surface area (Å²) in [6.07, 6.45) is 4.10. The summed E-state index contributed by atoms with van der Waals surface area (Å²) in [4.78, 5) is 33.7. The second-order valence-electron chi connectivity index (χ2n) is 7.00. The van der Waals surface area contributed by atoms with Gasteiger partial charge in [-0.25, -0.2) is 4.79 Å². The molecule has 2 fully saturated rings. The molecule has 1 aromatic heterocycles. The minimum absolute atomic E-state index is 0.000846.